The highest BCUT2D eigenvalue weighted by atomic mass is 16.5. The van der Waals surface area contributed by atoms with Crippen LogP contribution < -0.4 is 5.32 Å². The first-order valence-corrected chi connectivity index (χ1v) is 8.84. The Bertz CT molecular complexity index is 875. The van der Waals surface area contributed by atoms with Crippen molar-refractivity contribution in [3.63, 3.8) is 0 Å². The summed E-state index contributed by atoms with van der Waals surface area (Å²) in [6.45, 7) is 1.80. The molecular weight excluding hydrogens is 326 g/mol. The van der Waals surface area contributed by atoms with Gasteiger partial charge >= 0.3 is 0 Å². The first kappa shape index (κ1) is 16.5. The number of fused-ring (bicyclic) bond motifs is 1. The Labute approximate surface area is 152 Å². The minimum Gasteiger partial charge on any atom is -0.370 e. The third kappa shape index (κ3) is 3.68. The number of ether oxygens (including phenoxy) is 1. The molecule has 0 saturated carbocycles. The van der Waals surface area contributed by atoms with E-state index in [9.17, 15) is 4.79 Å². The van der Waals surface area contributed by atoms with E-state index in [1.54, 1.807) is 12.1 Å². The molecule has 1 aliphatic rings. The standard InChI is InChI=1S/C21H21N3O2/c25-21(17-9-5-2-6-10-17)22-13-19-20-18(11-12-26-19)15-24(23-20)14-16-7-3-1-4-8-16/h1-10,15,19H,11-14H2,(H,22,25). The fourth-order valence-corrected chi connectivity index (χ4v) is 3.22. The number of carbonyl (C=O) groups excluding carboxylic acids is 1. The number of carbonyl (C=O) groups is 1. The van der Waals surface area contributed by atoms with Crippen molar-refractivity contribution in [2.75, 3.05) is 13.2 Å². The van der Waals surface area contributed by atoms with E-state index in [0.29, 0.717) is 18.7 Å². The van der Waals surface area contributed by atoms with Crippen LogP contribution in [-0.2, 0) is 17.7 Å². The van der Waals surface area contributed by atoms with Crippen LogP contribution in [0.5, 0.6) is 0 Å². The van der Waals surface area contributed by atoms with Gasteiger partial charge in [0.1, 0.15) is 6.10 Å². The van der Waals surface area contributed by atoms with E-state index in [1.165, 1.54) is 11.1 Å². The van der Waals surface area contributed by atoms with E-state index in [2.05, 4.69) is 23.6 Å². The zero-order chi connectivity index (χ0) is 17.8. The predicted octanol–water partition coefficient (Wildman–Crippen LogP) is 2.98. The average Bonchev–Trinajstić information content (AvgIpc) is 3.10. The van der Waals surface area contributed by atoms with Gasteiger partial charge in [0.15, 0.2) is 0 Å². The molecule has 0 radical (unpaired) electrons. The number of aromatic nitrogens is 2. The molecule has 1 unspecified atom stereocenters. The van der Waals surface area contributed by atoms with Gasteiger partial charge in [-0.15, -0.1) is 0 Å². The van der Waals surface area contributed by atoms with Crippen molar-refractivity contribution in [3.05, 3.63) is 89.2 Å². The van der Waals surface area contributed by atoms with Crippen LogP contribution >= 0.6 is 0 Å². The minimum absolute atomic E-state index is 0.0926. The van der Waals surface area contributed by atoms with Crippen LogP contribution in [0.4, 0.5) is 0 Å². The molecule has 0 bridgehead atoms. The molecule has 4 rings (SSSR count). The molecule has 26 heavy (non-hydrogen) atoms. The fraction of sp³-hybridized carbons (Fsp3) is 0.238. The molecule has 3 aromatic rings. The summed E-state index contributed by atoms with van der Waals surface area (Å²) in [6.07, 6.45) is 2.74. The summed E-state index contributed by atoms with van der Waals surface area (Å²) in [5.41, 5.74) is 3.99. The molecule has 0 fully saturated rings. The average molecular weight is 347 g/mol. The van der Waals surface area contributed by atoms with E-state index in [1.807, 2.05) is 41.1 Å². The highest BCUT2D eigenvalue weighted by Gasteiger charge is 2.25. The molecule has 1 N–H and O–H groups in total. The van der Waals surface area contributed by atoms with Crippen LogP contribution in [0.25, 0.3) is 0 Å². The lowest BCUT2D eigenvalue weighted by atomic mass is 10.1. The van der Waals surface area contributed by atoms with Crippen molar-refractivity contribution >= 4 is 5.91 Å². The van der Waals surface area contributed by atoms with E-state index >= 15 is 0 Å². The van der Waals surface area contributed by atoms with Crippen molar-refractivity contribution < 1.29 is 9.53 Å². The molecule has 2 heterocycles. The molecule has 2 aromatic carbocycles. The number of hydrogen-bond acceptors (Lipinski definition) is 3. The molecule has 1 atom stereocenters. The molecule has 0 aliphatic carbocycles. The summed E-state index contributed by atoms with van der Waals surface area (Å²) in [6, 6.07) is 19.5. The quantitative estimate of drug-likeness (QED) is 0.772. The number of rotatable bonds is 5. The largest absolute Gasteiger partial charge is 0.370 e. The second kappa shape index (κ2) is 7.54. The van der Waals surface area contributed by atoms with Crippen molar-refractivity contribution in [2.24, 2.45) is 0 Å². The maximum atomic E-state index is 12.3. The topological polar surface area (TPSA) is 56.1 Å². The van der Waals surface area contributed by atoms with Crippen molar-refractivity contribution in [1.82, 2.24) is 15.1 Å². The van der Waals surface area contributed by atoms with Crippen LogP contribution in [0.1, 0.15) is 33.3 Å². The van der Waals surface area contributed by atoms with Gasteiger partial charge in [0.05, 0.1) is 18.8 Å². The van der Waals surface area contributed by atoms with Crippen LogP contribution in [0.3, 0.4) is 0 Å². The third-order valence-corrected chi connectivity index (χ3v) is 4.54. The van der Waals surface area contributed by atoms with Gasteiger partial charge in [0.2, 0.25) is 0 Å². The van der Waals surface area contributed by atoms with E-state index in [4.69, 9.17) is 9.84 Å². The van der Waals surface area contributed by atoms with Gasteiger partial charge in [0.25, 0.3) is 5.91 Å². The van der Waals surface area contributed by atoms with Crippen molar-refractivity contribution in [3.8, 4) is 0 Å². The zero-order valence-corrected chi connectivity index (χ0v) is 14.5. The van der Waals surface area contributed by atoms with Gasteiger partial charge in [-0.2, -0.15) is 5.10 Å². The Morgan fingerprint density at radius 1 is 1.12 bits per heavy atom. The summed E-state index contributed by atoms with van der Waals surface area (Å²) in [4.78, 5) is 12.3. The fourth-order valence-electron chi connectivity index (χ4n) is 3.22. The van der Waals surface area contributed by atoms with Gasteiger partial charge in [-0.05, 0) is 29.7 Å². The number of nitrogens with zero attached hydrogens (tertiary/aromatic N) is 2. The maximum absolute atomic E-state index is 12.3. The Hall–Kier alpha value is -2.92. The summed E-state index contributed by atoms with van der Waals surface area (Å²) in [7, 11) is 0. The van der Waals surface area contributed by atoms with Gasteiger partial charge < -0.3 is 10.1 Å². The monoisotopic (exact) mass is 347 g/mol. The van der Waals surface area contributed by atoms with Gasteiger partial charge in [-0.25, -0.2) is 0 Å². The Kier molecular flexibility index (Phi) is 4.80. The molecule has 1 aromatic heterocycles. The first-order valence-electron chi connectivity index (χ1n) is 8.84. The first-order chi connectivity index (χ1) is 12.8. The van der Waals surface area contributed by atoms with Crippen LogP contribution in [-0.4, -0.2) is 28.8 Å². The zero-order valence-electron chi connectivity index (χ0n) is 14.5. The number of benzene rings is 2. The molecule has 5 heteroatoms. The Morgan fingerprint density at radius 3 is 2.62 bits per heavy atom. The van der Waals surface area contributed by atoms with Crippen LogP contribution in [0.15, 0.2) is 66.9 Å². The molecule has 0 saturated heterocycles. The maximum Gasteiger partial charge on any atom is 0.251 e. The van der Waals surface area contributed by atoms with E-state index in [0.717, 1.165) is 18.7 Å². The van der Waals surface area contributed by atoms with Crippen molar-refractivity contribution in [2.45, 2.75) is 19.1 Å². The molecule has 132 valence electrons. The molecule has 1 aliphatic heterocycles. The summed E-state index contributed by atoms with van der Waals surface area (Å²) in [5.74, 6) is -0.0926. The minimum atomic E-state index is -0.205. The second-order valence-electron chi connectivity index (χ2n) is 6.41. The third-order valence-electron chi connectivity index (χ3n) is 4.54. The molecule has 1 amide bonds. The lowest BCUT2D eigenvalue weighted by Crippen LogP contribution is -2.31. The normalized spacial score (nSPS) is 16.1. The Balaban J connectivity index is 1.44. The lowest BCUT2D eigenvalue weighted by Gasteiger charge is -2.22. The number of nitrogens with one attached hydrogen (secondary N) is 1. The van der Waals surface area contributed by atoms with Crippen LogP contribution in [0, 0.1) is 0 Å². The lowest BCUT2D eigenvalue weighted by molar-refractivity contribution is 0.0383. The molecule has 5 nitrogen and oxygen atoms in total. The van der Waals surface area contributed by atoms with E-state index in [-0.39, 0.29) is 12.0 Å². The van der Waals surface area contributed by atoms with Crippen molar-refractivity contribution in [1.29, 1.82) is 0 Å². The van der Waals surface area contributed by atoms with Gasteiger partial charge in [-0.1, -0.05) is 48.5 Å². The second-order valence-corrected chi connectivity index (χ2v) is 6.41. The smallest absolute Gasteiger partial charge is 0.251 e. The summed E-state index contributed by atoms with van der Waals surface area (Å²) < 4.78 is 7.82. The van der Waals surface area contributed by atoms with Crippen LogP contribution in [0.2, 0.25) is 0 Å². The highest BCUT2D eigenvalue weighted by Crippen LogP contribution is 2.25. The Morgan fingerprint density at radius 2 is 1.85 bits per heavy atom. The van der Waals surface area contributed by atoms with Gasteiger partial charge in [0, 0.05) is 18.3 Å². The summed E-state index contributed by atoms with van der Waals surface area (Å²) in [5, 5.41) is 7.67. The summed E-state index contributed by atoms with van der Waals surface area (Å²) >= 11 is 0. The van der Waals surface area contributed by atoms with Gasteiger partial charge in [-0.3, -0.25) is 9.48 Å². The van der Waals surface area contributed by atoms with E-state index < -0.39 is 0 Å². The predicted molar refractivity (Wildman–Crippen MR) is 98.9 cm³/mol. The number of hydrogen-bond donors (Lipinski definition) is 1. The number of amides is 1. The molecular formula is C21H21N3O2. The SMILES string of the molecule is O=C(NCC1OCCc2cn(Cc3ccccc3)nc21)c1ccccc1. The molecule has 0 spiro atoms. The highest BCUT2D eigenvalue weighted by molar-refractivity contribution is 5.94.